The Labute approximate surface area is 136 Å². The van der Waals surface area contributed by atoms with Gasteiger partial charge in [-0.2, -0.15) is 13.2 Å². The van der Waals surface area contributed by atoms with E-state index in [0.29, 0.717) is 12.8 Å². The fourth-order valence-corrected chi connectivity index (χ4v) is 3.60. The molecule has 0 unspecified atom stereocenters. The van der Waals surface area contributed by atoms with Crippen LogP contribution in [-0.2, 0) is 12.8 Å². The van der Waals surface area contributed by atoms with Crippen molar-refractivity contribution in [3.05, 3.63) is 22.2 Å². The Morgan fingerprint density at radius 2 is 1.83 bits per heavy atom. The first kappa shape index (κ1) is 16.5. The highest BCUT2D eigenvalue weighted by atomic mass is 35.5. The van der Waals surface area contributed by atoms with Gasteiger partial charge in [-0.3, -0.25) is 4.79 Å². The van der Waals surface area contributed by atoms with Crippen molar-refractivity contribution in [2.24, 2.45) is 5.92 Å². The molecule has 2 aliphatic carbocycles. The molecule has 0 spiro atoms. The molecule has 1 N–H and O–H groups in total. The van der Waals surface area contributed by atoms with Gasteiger partial charge in [-0.25, -0.2) is 9.97 Å². The van der Waals surface area contributed by atoms with E-state index in [1.807, 2.05) is 0 Å². The van der Waals surface area contributed by atoms with Gasteiger partial charge in [0.2, 0.25) is 5.28 Å². The van der Waals surface area contributed by atoms with Crippen LogP contribution in [0.2, 0.25) is 5.28 Å². The maximum atomic E-state index is 12.7. The number of nitrogens with zero attached hydrogens (tertiary/aromatic N) is 2. The fourth-order valence-electron chi connectivity index (χ4n) is 3.41. The second kappa shape index (κ2) is 6.26. The Bertz CT molecular complexity index is 613. The third-order valence-electron chi connectivity index (χ3n) is 4.65. The fraction of sp³-hybridized carbons (Fsp3) is 0.667. The Morgan fingerprint density at radius 1 is 1.13 bits per heavy atom. The normalized spacial score (nSPS) is 24.3. The Hall–Kier alpha value is -1.37. The number of carbonyl (C=O) groups is 1. The molecule has 1 amide bonds. The van der Waals surface area contributed by atoms with Crippen LogP contribution in [0.25, 0.3) is 0 Å². The van der Waals surface area contributed by atoms with Crippen LogP contribution in [0, 0.1) is 5.92 Å². The molecule has 1 fully saturated rings. The van der Waals surface area contributed by atoms with Gasteiger partial charge in [0.25, 0.3) is 5.91 Å². The molecule has 1 saturated carbocycles. The van der Waals surface area contributed by atoms with Crippen LogP contribution in [0.5, 0.6) is 0 Å². The molecule has 1 aromatic rings. The van der Waals surface area contributed by atoms with Crippen LogP contribution in [-0.4, -0.2) is 28.1 Å². The highest BCUT2D eigenvalue weighted by Crippen LogP contribution is 2.37. The maximum absolute atomic E-state index is 12.7. The lowest BCUT2D eigenvalue weighted by molar-refractivity contribution is -0.182. The van der Waals surface area contributed by atoms with E-state index in [1.54, 1.807) is 0 Å². The third-order valence-corrected chi connectivity index (χ3v) is 4.82. The topological polar surface area (TPSA) is 54.9 Å². The predicted octanol–water partition coefficient (Wildman–Crippen LogP) is 3.47. The highest BCUT2D eigenvalue weighted by molar-refractivity contribution is 6.28. The highest BCUT2D eigenvalue weighted by Gasteiger charge is 2.41. The van der Waals surface area contributed by atoms with E-state index in [0.717, 1.165) is 30.5 Å². The third kappa shape index (κ3) is 3.59. The van der Waals surface area contributed by atoms with E-state index in [4.69, 9.17) is 11.6 Å². The van der Waals surface area contributed by atoms with E-state index in [9.17, 15) is 18.0 Å². The summed E-state index contributed by atoms with van der Waals surface area (Å²) >= 11 is 5.86. The number of halogens is 4. The molecule has 0 bridgehead atoms. The van der Waals surface area contributed by atoms with Gasteiger partial charge in [-0.1, -0.05) is 0 Å². The molecule has 8 heteroatoms. The summed E-state index contributed by atoms with van der Waals surface area (Å²) in [6, 6.07) is -0.244. The Balaban J connectivity index is 1.65. The second-order valence-corrected chi connectivity index (χ2v) is 6.52. The van der Waals surface area contributed by atoms with Crippen molar-refractivity contribution >= 4 is 17.5 Å². The second-order valence-electron chi connectivity index (χ2n) is 6.18. The van der Waals surface area contributed by atoms with E-state index in [2.05, 4.69) is 15.3 Å². The number of aromatic nitrogens is 2. The number of amides is 1. The maximum Gasteiger partial charge on any atom is 0.391 e. The number of hydrogen-bond donors (Lipinski definition) is 1. The van der Waals surface area contributed by atoms with Crippen LogP contribution in [0.3, 0.4) is 0 Å². The van der Waals surface area contributed by atoms with Crippen molar-refractivity contribution in [3.8, 4) is 0 Å². The van der Waals surface area contributed by atoms with Gasteiger partial charge in [0.15, 0.2) is 0 Å². The first-order valence-corrected chi connectivity index (χ1v) is 8.15. The Kier molecular flexibility index (Phi) is 4.49. The molecular formula is C15H17ClF3N3O. The molecule has 23 heavy (non-hydrogen) atoms. The van der Waals surface area contributed by atoms with E-state index < -0.39 is 12.1 Å². The standard InChI is InChI=1S/C15H17ClF3N3O/c16-14-21-11-3-1-2-10(11)12(22-14)13(23)20-9-6-4-8(5-7-9)15(17,18)19/h8-9H,1-7H2,(H,20,23)/t8-,9-. The van der Waals surface area contributed by atoms with Crippen molar-refractivity contribution in [2.45, 2.75) is 57.2 Å². The molecule has 0 aliphatic heterocycles. The SMILES string of the molecule is O=C(N[C@H]1CC[C@H](C(F)(F)F)CC1)c1nc(Cl)nc2c1CCC2. The van der Waals surface area contributed by atoms with Crippen LogP contribution >= 0.6 is 11.6 Å². The lowest BCUT2D eigenvalue weighted by Crippen LogP contribution is -2.40. The van der Waals surface area contributed by atoms with Gasteiger partial charge < -0.3 is 5.32 Å². The lowest BCUT2D eigenvalue weighted by Gasteiger charge is -2.30. The zero-order valence-corrected chi connectivity index (χ0v) is 13.2. The average Bonchev–Trinajstić information content (AvgIpc) is 2.94. The largest absolute Gasteiger partial charge is 0.391 e. The molecule has 4 nitrogen and oxygen atoms in total. The molecule has 1 heterocycles. The summed E-state index contributed by atoms with van der Waals surface area (Å²) in [6.45, 7) is 0. The molecule has 0 saturated heterocycles. The summed E-state index contributed by atoms with van der Waals surface area (Å²) in [6.07, 6.45) is -0.968. The summed E-state index contributed by atoms with van der Waals surface area (Å²) in [5.41, 5.74) is 1.89. The smallest absolute Gasteiger partial charge is 0.348 e. The van der Waals surface area contributed by atoms with Crippen LogP contribution in [0.15, 0.2) is 0 Å². The molecule has 0 aromatic carbocycles. The zero-order chi connectivity index (χ0) is 16.6. The molecule has 126 valence electrons. The van der Waals surface area contributed by atoms with Crippen LogP contribution < -0.4 is 5.32 Å². The summed E-state index contributed by atoms with van der Waals surface area (Å²) < 4.78 is 38.0. The number of hydrogen-bond acceptors (Lipinski definition) is 3. The van der Waals surface area contributed by atoms with Crippen LogP contribution in [0.4, 0.5) is 13.2 Å². The number of fused-ring (bicyclic) bond motifs is 1. The van der Waals surface area contributed by atoms with Crippen molar-refractivity contribution in [3.63, 3.8) is 0 Å². The Morgan fingerprint density at radius 3 is 2.48 bits per heavy atom. The number of alkyl halides is 3. The first-order chi connectivity index (χ1) is 10.8. The van der Waals surface area contributed by atoms with Gasteiger partial charge >= 0.3 is 6.18 Å². The average molecular weight is 348 g/mol. The lowest BCUT2D eigenvalue weighted by atomic mass is 9.85. The van der Waals surface area contributed by atoms with Gasteiger partial charge in [-0.05, 0) is 56.5 Å². The van der Waals surface area contributed by atoms with E-state index >= 15 is 0 Å². The van der Waals surface area contributed by atoms with Gasteiger partial charge in [0.1, 0.15) is 5.69 Å². The molecule has 3 rings (SSSR count). The predicted molar refractivity (Wildman–Crippen MR) is 78.3 cm³/mol. The van der Waals surface area contributed by atoms with Crippen molar-refractivity contribution in [2.75, 3.05) is 0 Å². The molecular weight excluding hydrogens is 331 g/mol. The minimum Gasteiger partial charge on any atom is -0.348 e. The van der Waals surface area contributed by atoms with Gasteiger partial charge in [0, 0.05) is 17.3 Å². The summed E-state index contributed by atoms with van der Waals surface area (Å²) in [7, 11) is 0. The van der Waals surface area contributed by atoms with Gasteiger partial charge in [0.05, 0.1) is 5.92 Å². The number of nitrogens with one attached hydrogen (secondary N) is 1. The summed E-state index contributed by atoms with van der Waals surface area (Å²) in [5, 5.41) is 2.85. The zero-order valence-electron chi connectivity index (χ0n) is 12.4. The monoisotopic (exact) mass is 347 g/mol. The first-order valence-electron chi connectivity index (χ1n) is 7.77. The van der Waals surface area contributed by atoms with Gasteiger partial charge in [-0.15, -0.1) is 0 Å². The number of aryl methyl sites for hydroxylation is 1. The molecule has 0 atom stereocenters. The quantitative estimate of drug-likeness (QED) is 0.833. The van der Waals surface area contributed by atoms with Crippen molar-refractivity contribution < 1.29 is 18.0 Å². The van der Waals surface area contributed by atoms with Crippen molar-refractivity contribution in [1.29, 1.82) is 0 Å². The van der Waals surface area contributed by atoms with E-state index in [1.165, 1.54) is 0 Å². The minimum absolute atomic E-state index is 0.0385. The molecule has 0 radical (unpaired) electrons. The van der Waals surface area contributed by atoms with E-state index in [-0.39, 0.29) is 35.8 Å². The molecule has 1 aromatic heterocycles. The molecule has 2 aliphatic rings. The number of carbonyl (C=O) groups excluding carboxylic acids is 1. The van der Waals surface area contributed by atoms with Crippen LogP contribution in [0.1, 0.15) is 53.8 Å². The minimum atomic E-state index is -4.14. The summed E-state index contributed by atoms with van der Waals surface area (Å²) in [4.78, 5) is 20.6. The van der Waals surface area contributed by atoms with Crippen molar-refractivity contribution in [1.82, 2.24) is 15.3 Å². The summed E-state index contributed by atoms with van der Waals surface area (Å²) in [5.74, 6) is -1.61. The number of rotatable bonds is 2.